The number of piperazine rings is 1. The number of aliphatic hydroxyl groups excluding tert-OH is 1. The zero-order chi connectivity index (χ0) is 18.1. The summed E-state index contributed by atoms with van der Waals surface area (Å²) in [6, 6.07) is 10.1. The van der Waals surface area contributed by atoms with Crippen LogP contribution in [0.25, 0.3) is 10.1 Å². The van der Waals surface area contributed by atoms with E-state index < -0.39 is 0 Å². The van der Waals surface area contributed by atoms with Gasteiger partial charge in [-0.05, 0) is 30.5 Å². The molecule has 0 radical (unpaired) electrons. The van der Waals surface area contributed by atoms with Crippen LogP contribution in [0.5, 0.6) is 0 Å². The lowest BCUT2D eigenvalue weighted by molar-refractivity contribution is 0.0782. The zero-order valence-corrected chi connectivity index (χ0v) is 16.1. The molecule has 0 bridgehead atoms. The molecule has 2 saturated heterocycles. The van der Waals surface area contributed by atoms with Crippen LogP contribution in [0.2, 0.25) is 0 Å². The Balaban J connectivity index is 1.43. The normalized spacial score (nSPS) is 25.2. The molecule has 2 aromatic rings. The molecular formula is C20H27N3O2S. The molecule has 2 aliphatic heterocycles. The molecule has 2 aliphatic rings. The van der Waals surface area contributed by atoms with Gasteiger partial charge in [-0.1, -0.05) is 18.2 Å². The highest BCUT2D eigenvalue weighted by Gasteiger charge is 2.36. The van der Waals surface area contributed by atoms with Gasteiger partial charge in [-0.25, -0.2) is 0 Å². The number of carbonyl (C=O) groups is 1. The Morgan fingerprint density at radius 2 is 1.88 bits per heavy atom. The van der Waals surface area contributed by atoms with E-state index in [4.69, 9.17) is 0 Å². The Morgan fingerprint density at radius 3 is 2.62 bits per heavy atom. The van der Waals surface area contributed by atoms with Crippen molar-refractivity contribution in [2.75, 3.05) is 59.5 Å². The number of carbonyl (C=O) groups excluding carboxylic acids is 1. The van der Waals surface area contributed by atoms with E-state index in [-0.39, 0.29) is 18.4 Å². The smallest absolute Gasteiger partial charge is 0.263 e. The average Bonchev–Trinajstić information content (AvgIpc) is 3.27. The lowest BCUT2D eigenvalue weighted by atomic mass is 9.96. The summed E-state index contributed by atoms with van der Waals surface area (Å²) in [4.78, 5) is 20.6. The molecule has 1 aromatic carbocycles. The summed E-state index contributed by atoms with van der Waals surface area (Å²) in [7, 11) is 2.16. The Labute approximate surface area is 158 Å². The standard InChI is InChI=1S/C20H27N3O2S/c1-21-6-8-22(9-7-21)11-16-12-23(13-17(16)14-24)20(25)19-10-15-4-2-3-5-18(15)26-19/h2-5,10,16-17,24H,6-9,11-14H2,1H3/t16-,17-/m1/s1. The maximum absolute atomic E-state index is 13.0. The minimum absolute atomic E-state index is 0.116. The molecular weight excluding hydrogens is 346 g/mol. The van der Waals surface area contributed by atoms with Crippen LogP contribution in [0.4, 0.5) is 0 Å². The zero-order valence-electron chi connectivity index (χ0n) is 15.3. The van der Waals surface area contributed by atoms with Crippen molar-refractivity contribution in [2.24, 2.45) is 11.8 Å². The second-order valence-corrected chi connectivity index (χ2v) is 8.75. The van der Waals surface area contributed by atoms with Gasteiger partial charge in [0.25, 0.3) is 5.91 Å². The number of aliphatic hydroxyl groups is 1. The summed E-state index contributed by atoms with van der Waals surface area (Å²) >= 11 is 1.57. The van der Waals surface area contributed by atoms with Crippen molar-refractivity contribution < 1.29 is 9.90 Å². The van der Waals surface area contributed by atoms with Gasteiger partial charge in [-0.2, -0.15) is 0 Å². The number of hydrogen-bond acceptors (Lipinski definition) is 5. The van der Waals surface area contributed by atoms with Gasteiger partial charge < -0.3 is 19.8 Å². The van der Waals surface area contributed by atoms with E-state index in [1.807, 2.05) is 23.1 Å². The molecule has 1 amide bonds. The highest BCUT2D eigenvalue weighted by atomic mass is 32.1. The molecule has 0 saturated carbocycles. The van der Waals surface area contributed by atoms with E-state index in [2.05, 4.69) is 29.0 Å². The summed E-state index contributed by atoms with van der Waals surface area (Å²) in [6.07, 6.45) is 0. The molecule has 140 valence electrons. The highest BCUT2D eigenvalue weighted by Crippen LogP contribution is 2.30. The summed E-state index contributed by atoms with van der Waals surface area (Å²) < 4.78 is 1.16. The van der Waals surface area contributed by atoms with E-state index >= 15 is 0 Å². The van der Waals surface area contributed by atoms with Crippen molar-refractivity contribution >= 4 is 27.3 Å². The molecule has 26 heavy (non-hydrogen) atoms. The van der Waals surface area contributed by atoms with Crippen molar-refractivity contribution in [1.82, 2.24) is 14.7 Å². The topological polar surface area (TPSA) is 47.0 Å². The number of fused-ring (bicyclic) bond motifs is 1. The second-order valence-electron chi connectivity index (χ2n) is 7.67. The van der Waals surface area contributed by atoms with E-state index in [1.54, 1.807) is 11.3 Å². The van der Waals surface area contributed by atoms with Crippen LogP contribution in [0.1, 0.15) is 9.67 Å². The third-order valence-electron chi connectivity index (χ3n) is 5.82. The van der Waals surface area contributed by atoms with Crippen molar-refractivity contribution in [3.05, 3.63) is 35.2 Å². The van der Waals surface area contributed by atoms with E-state index in [0.29, 0.717) is 12.5 Å². The van der Waals surface area contributed by atoms with Gasteiger partial charge in [-0.3, -0.25) is 4.79 Å². The minimum atomic E-state index is 0.116. The number of likely N-dealkylation sites (N-methyl/N-ethyl adjacent to an activating group) is 1. The molecule has 4 rings (SSSR count). The number of thiophene rings is 1. The molecule has 0 spiro atoms. The summed E-state index contributed by atoms with van der Waals surface area (Å²) in [6.45, 7) is 6.92. The molecule has 1 aromatic heterocycles. The first-order chi connectivity index (χ1) is 12.6. The molecule has 3 heterocycles. The van der Waals surface area contributed by atoms with E-state index in [0.717, 1.165) is 54.2 Å². The molecule has 6 heteroatoms. The number of rotatable bonds is 4. The first-order valence-corrected chi connectivity index (χ1v) is 10.3. The largest absolute Gasteiger partial charge is 0.396 e. The fourth-order valence-electron chi connectivity index (χ4n) is 4.12. The number of hydrogen-bond donors (Lipinski definition) is 1. The van der Waals surface area contributed by atoms with Crippen LogP contribution in [-0.2, 0) is 0 Å². The maximum atomic E-state index is 13.0. The van der Waals surface area contributed by atoms with Gasteiger partial charge >= 0.3 is 0 Å². The number of nitrogens with zero attached hydrogens (tertiary/aromatic N) is 3. The lowest BCUT2D eigenvalue weighted by Crippen LogP contribution is -2.47. The van der Waals surface area contributed by atoms with Gasteiger partial charge in [0.1, 0.15) is 0 Å². The predicted octanol–water partition coefficient (Wildman–Crippen LogP) is 1.83. The molecule has 2 fully saturated rings. The lowest BCUT2D eigenvalue weighted by Gasteiger charge is -2.34. The molecule has 0 aliphatic carbocycles. The van der Waals surface area contributed by atoms with Gasteiger partial charge in [0.15, 0.2) is 0 Å². The van der Waals surface area contributed by atoms with Crippen LogP contribution < -0.4 is 0 Å². The fourth-order valence-corrected chi connectivity index (χ4v) is 5.15. The van der Waals surface area contributed by atoms with Crippen LogP contribution in [0, 0.1) is 11.8 Å². The third kappa shape index (κ3) is 3.64. The van der Waals surface area contributed by atoms with Crippen molar-refractivity contribution in [3.63, 3.8) is 0 Å². The van der Waals surface area contributed by atoms with Gasteiger partial charge in [-0.15, -0.1) is 11.3 Å². The monoisotopic (exact) mass is 373 g/mol. The summed E-state index contributed by atoms with van der Waals surface area (Å²) in [5.74, 6) is 0.667. The molecule has 1 N–H and O–H groups in total. The Hall–Kier alpha value is -1.47. The Morgan fingerprint density at radius 1 is 1.15 bits per heavy atom. The van der Waals surface area contributed by atoms with Gasteiger partial charge in [0, 0.05) is 63.0 Å². The molecule has 2 atom stereocenters. The Kier molecular flexibility index (Phi) is 5.27. The summed E-state index contributed by atoms with van der Waals surface area (Å²) in [5.41, 5.74) is 0. The van der Waals surface area contributed by atoms with Crippen LogP contribution in [-0.4, -0.2) is 85.2 Å². The average molecular weight is 374 g/mol. The maximum Gasteiger partial charge on any atom is 0.263 e. The van der Waals surface area contributed by atoms with Crippen molar-refractivity contribution in [1.29, 1.82) is 0 Å². The molecule has 5 nitrogen and oxygen atoms in total. The number of benzene rings is 1. The van der Waals surface area contributed by atoms with Crippen molar-refractivity contribution in [2.45, 2.75) is 0 Å². The first kappa shape index (κ1) is 17.9. The van der Waals surface area contributed by atoms with Crippen LogP contribution in [0.3, 0.4) is 0 Å². The van der Waals surface area contributed by atoms with E-state index in [9.17, 15) is 9.90 Å². The third-order valence-corrected chi connectivity index (χ3v) is 6.93. The SMILES string of the molecule is CN1CCN(C[C@@H]2CN(C(=O)c3cc4ccccc4s3)C[C@@H]2CO)CC1. The first-order valence-electron chi connectivity index (χ1n) is 9.43. The fraction of sp³-hybridized carbons (Fsp3) is 0.550. The van der Waals surface area contributed by atoms with Gasteiger partial charge in [0.2, 0.25) is 0 Å². The number of amides is 1. The van der Waals surface area contributed by atoms with Crippen LogP contribution >= 0.6 is 11.3 Å². The summed E-state index contributed by atoms with van der Waals surface area (Å²) in [5, 5.41) is 11.0. The highest BCUT2D eigenvalue weighted by molar-refractivity contribution is 7.20. The van der Waals surface area contributed by atoms with Gasteiger partial charge in [0.05, 0.1) is 4.88 Å². The van der Waals surface area contributed by atoms with Crippen LogP contribution in [0.15, 0.2) is 30.3 Å². The van der Waals surface area contributed by atoms with Crippen molar-refractivity contribution in [3.8, 4) is 0 Å². The quantitative estimate of drug-likeness (QED) is 0.888. The number of likely N-dealkylation sites (tertiary alicyclic amines) is 1. The minimum Gasteiger partial charge on any atom is -0.396 e. The predicted molar refractivity (Wildman–Crippen MR) is 106 cm³/mol. The van der Waals surface area contributed by atoms with E-state index in [1.165, 1.54) is 0 Å². The molecule has 0 unspecified atom stereocenters. The Bertz CT molecular complexity index is 736. The second kappa shape index (κ2) is 7.64.